The zero-order valence-corrected chi connectivity index (χ0v) is 20.2. The fourth-order valence-corrected chi connectivity index (χ4v) is 3.45. The molecule has 0 radical (unpaired) electrons. The number of aromatic amines is 1. The quantitative estimate of drug-likeness (QED) is 0.0724. The summed E-state index contributed by atoms with van der Waals surface area (Å²) in [6.45, 7) is -0.148. The number of carboxylic acids is 1. The van der Waals surface area contributed by atoms with Crippen molar-refractivity contribution >= 4 is 29.7 Å². The molecule has 1 heterocycles. The van der Waals surface area contributed by atoms with Gasteiger partial charge in [0.1, 0.15) is 18.1 Å². The molecule has 37 heavy (non-hydrogen) atoms. The highest BCUT2D eigenvalue weighted by Gasteiger charge is 2.29. The number of hydrogen-bond acceptors (Lipinski definition) is 7. The van der Waals surface area contributed by atoms with Gasteiger partial charge in [0.2, 0.25) is 17.7 Å². The molecule has 0 spiro atoms. The molecule has 11 N–H and O–H groups in total. The van der Waals surface area contributed by atoms with Crippen LogP contribution in [0, 0.1) is 0 Å². The van der Waals surface area contributed by atoms with E-state index >= 15 is 0 Å². The number of imidazole rings is 1. The fraction of sp³-hybridized carbons (Fsp3) is 0.391. The normalized spacial score (nSPS) is 13.0. The summed E-state index contributed by atoms with van der Waals surface area (Å²) in [6.07, 6.45) is 3.45. The van der Waals surface area contributed by atoms with E-state index < -0.39 is 41.8 Å². The Kier molecular flexibility index (Phi) is 11.5. The summed E-state index contributed by atoms with van der Waals surface area (Å²) in [4.78, 5) is 60.6. The van der Waals surface area contributed by atoms with Crippen LogP contribution in [-0.4, -0.2) is 75.9 Å². The van der Waals surface area contributed by atoms with Gasteiger partial charge in [-0.15, -0.1) is 0 Å². The lowest BCUT2D eigenvalue weighted by Gasteiger charge is -2.24. The first-order valence-electron chi connectivity index (χ1n) is 11.6. The van der Waals surface area contributed by atoms with Gasteiger partial charge in [-0.1, -0.05) is 30.3 Å². The molecule has 0 aliphatic carbocycles. The first-order chi connectivity index (χ1) is 17.7. The lowest BCUT2D eigenvalue weighted by molar-refractivity contribution is -0.142. The van der Waals surface area contributed by atoms with Crippen molar-refractivity contribution in [3.8, 4) is 0 Å². The third kappa shape index (κ3) is 10.4. The maximum Gasteiger partial charge on any atom is 0.326 e. The van der Waals surface area contributed by atoms with Gasteiger partial charge in [-0.05, 0) is 18.4 Å². The number of carboxylic acid groups (broad SMARTS) is 1. The first kappa shape index (κ1) is 28.8. The number of carbonyl (C=O) groups excluding carboxylic acids is 3. The van der Waals surface area contributed by atoms with Crippen LogP contribution in [0.5, 0.6) is 0 Å². The minimum Gasteiger partial charge on any atom is -0.480 e. The van der Waals surface area contributed by atoms with E-state index in [4.69, 9.17) is 17.2 Å². The third-order valence-corrected chi connectivity index (χ3v) is 5.29. The summed E-state index contributed by atoms with van der Waals surface area (Å²) in [5, 5.41) is 17.3. The Morgan fingerprint density at radius 3 is 2.24 bits per heavy atom. The Balaban J connectivity index is 2.17. The van der Waals surface area contributed by atoms with E-state index in [2.05, 4.69) is 30.9 Å². The van der Waals surface area contributed by atoms with Crippen LogP contribution in [-0.2, 0) is 32.0 Å². The van der Waals surface area contributed by atoms with Crippen molar-refractivity contribution in [2.75, 3.05) is 13.1 Å². The second kappa shape index (κ2) is 14.8. The van der Waals surface area contributed by atoms with Gasteiger partial charge in [0.15, 0.2) is 5.96 Å². The van der Waals surface area contributed by atoms with Gasteiger partial charge in [-0.3, -0.25) is 19.4 Å². The lowest BCUT2D eigenvalue weighted by atomic mass is 10.0. The van der Waals surface area contributed by atoms with Gasteiger partial charge < -0.3 is 43.2 Å². The fourth-order valence-electron chi connectivity index (χ4n) is 3.45. The number of rotatable bonds is 15. The summed E-state index contributed by atoms with van der Waals surface area (Å²) >= 11 is 0. The summed E-state index contributed by atoms with van der Waals surface area (Å²) in [5.74, 6) is -3.28. The first-order valence-corrected chi connectivity index (χ1v) is 11.6. The van der Waals surface area contributed by atoms with Crippen LogP contribution in [0.4, 0.5) is 0 Å². The number of amides is 3. The molecule has 1 aromatic heterocycles. The molecule has 3 amide bonds. The van der Waals surface area contributed by atoms with Crippen molar-refractivity contribution in [3.05, 3.63) is 54.1 Å². The molecule has 3 unspecified atom stereocenters. The highest BCUT2D eigenvalue weighted by atomic mass is 16.4. The zero-order chi connectivity index (χ0) is 27.2. The average molecular weight is 516 g/mol. The van der Waals surface area contributed by atoms with Crippen LogP contribution < -0.4 is 33.2 Å². The molecular weight excluding hydrogens is 482 g/mol. The molecule has 3 atom stereocenters. The Labute approximate surface area is 213 Å². The molecule has 2 aromatic rings. The van der Waals surface area contributed by atoms with Crippen LogP contribution in [0.25, 0.3) is 0 Å². The second-order valence-corrected chi connectivity index (χ2v) is 8.20. The average Bonchev–Trinajstić information content (AvgIpc) is 3.38. The summed E-state index contributed by atoms with van der Waals surface area (Å²) in [6, 6.07) is 5.39. The molecule has 0 saturated carbocycles. The standard InChI is InChI=1S/C23H33N9O5/c24-11-19(33)30-17(10-15-12-27-13-29-15)21(35)31-16(7-4-8-28-23(25)26)20(34)32-18(22(36)37)9-14-5-2-1-3-6-14/h1-3,5-6,12-13,16-18H,4,7-11,24H2,(H,27,29)(H,30,33)(H,31,35)(H,32,34)(H,36,37)(H4,25,26,28). The number of H-pyrrole nitrogens is 1. The number of aromatic nitrogens is 2. The monoisotopic (exact) mass is 515 g/mol. The van der Waals surface area contributed by atoms with Gasteiger partial charge in [0, 0.05) is 31.3 Å². The number of hydrogen-bond donors (Lipinski definition) is 8. The number of benzene rings is 1. The molecule has 0 saturated heterocycles. The SMILES string of the molecule is NCC(=O)NC(Cc1cnc[nH]1)C(=O)NC(CCCN=C(N)N)C(=O)NC(Cc1ccccc1)C(=O)O. The van der Waals surface area contributed by atoms with Gasteiger partial charge >= 0.3 is 5.97 Å². The molecule has 200 valence electrons. The van der Waals surface area contributed by atoms with E-state index in [1.54, 1.807) is 30.3 Å². The predicted molar refractivity (Wildman–Crippen MR) is 135 cm³/mol. The topological polar surface area (TPSA) is 244 Å². The molecule has 0 bridgehead atoms. The van der Waals surface area contributed by atoms with E-state index in [1.807, 2.05) is 0 Å². The van der Waals surface area contributed by atoms with Crippen molar-refractivity contribution in [2.24, 2.45) is 22.2 Å². The molecule has 14 heteroatoms. The molecular formula is C23H33N9O5. The Hall–Kier alpha value is -4.46. The Morgan fingerprint density at radius 2 is 1.65 bits per heavy atom. The van der Waals surface area contributed by atoms with Crippen molar-refractivity contribution < 1.29 is 24.3 Å². The van der Waals surface area contributed by atoms with Crippen LogP contribution in [0.2, 0.25) is 0 Å². The van der Waals surface area contributed by atoms with E-state index in [1.165, 1.54) is 12.5 Å². The van der Waals surface area contributed by atoms with Crippen molar-refractivity contribution in [1.29, 1.82) is 0 Å². The maximum atomic E-state index is 13.1. The Morgan fingerprint density at radius 1 is 0.973 bits per heavy atom. The van der Waals surface area contributed by atoms with Crippen molar-refractivity contribution in [2.45, 2.75) is 43.8 Å². The van der Waals surface area contributed by atoms with Gasteiger partial charge in [-0.25, -0.2) is 9.78 Å². The molecule has 0 aliphatic rings. The molecule has 2 rings (SSSR count). The summed E-state index contributed by atoms with van der Waals surface area (Å²) in [5.41, 5.74) is 17.3. The van der Waals surface area contributed by atoms with Crippen molar-refractivity contribution in [3.63, 3.8) is 0 Å². The number of nitrogens with two attached hydrogens (primary N) is 3. The Bertz CT molecular complexity index is 1060. The summed E-state index contributed by atoms with van der Waals surface area (Å²) in [7, 11) is 0. The predicted octanol–water partition coefficient (Wildman–Crippen LogP) is -2.25. The highest BCUT2D eigenvalue weighted by molar-refractivity contribution is 5.93. The number of aliphatic imine (C=N–C) groups is 1. The minimum atomic E-state index is -1.23. The zero-order valence-electron chi connectivity index (χ0n) is 20.2. The number of carbonyl (C=O) groups is 4. The highest BCUT2D eigenvalue weighted by Crippen LogP contribution is 2.07. The number of aliphatic carboxylic acids is 1. The third-order valence-electron chi connectivity index (χ3n) is 5.29. The van der Waals surface area contributed by atoms with Gasteiger partial charge in [0.25, 0.3) is 0 Å². The smallest absolute Gasteiger partial charge is 0.326 e. The number of guanidine groups is 1. The van der Waals surface area contributed by atoms with Gasteiger partial charge in [0.05, 0.1) is 12.9 Å². The number of nitrogens with zero attached hydrogens (tertiary/aromatic N) is 2. The van der Waals surface area contributed by atoms with Crippen LogP contribution in [0.15, 0.2) is 47.8 Å². The molecule has 0 aliphatic heterocycles. The second-order valence-electron chi connectivity index (χ2n) is 8.20. The van der Waals surface area contributed by atoms with Crippen LogP contribution in [0.1, 0.15) is 24.1 Å². The lowest BCUT2D eigenvalue weighted by Crippen LogP contribution is -2.57. The van der Waals surface area contributed by atoms with E-state index in [9.17, 15) is 24.3 Å². The molecule has 14 nitrogen and oxygen atoms in total. The largest absolute Gasteiger partial charge is 0.480 e. The molecule has 0 fully saturated rings. The van der Waals surface area contributed by atoms with Crippen LogP contribution >= 0.6 is 0 Å². The van der Waals surface area contributed by atoms with E-state index in [0.29, 0.717) is 17.7 Å². The summed E-state index contributed by atoms with van der Waals surface area (Å²) < 4.78 is 0. The molecule has 1 aromatic carbocycles. The van der Waals surface area contributed by atoms with Crippen molar-refractivity contribution in [1.82, 2.24) is 25.9 Å². The van der Waals surface area contributed by atoms with E-state index in [-0.39, 0.29) is 38.3 Å². The van der Waals surface area contributed by atoms with E-state index in [0.717, 1.165) is 0 Å². The number of nitrogens with one attached hydrogen (secondary N) is 4. The van der Waals surface area contributed by atoms with Gasteiger partial charge in [-0.2, -0.15) is 0 Å². The maximum absolute atomic E-state index is 13.1. The minimum absolute atomic E-state index is 0.0472. The van der Waals surface area contributed by atoms with Crippen LogP contribution in [0.3, 0.4) is 0 Å².